The Morgan fingerprint density at radius 1 is 1.29 bits per heavy atom. The van der Waals surface area contributed by atoms with Crippen LogP contribution in [0.3, 0.4) is 0 Å². The fraction of sp³-hybridized carbons (Fsp3) is 0.556. The van der Waals surface area contributed by atoms with E-state index in [2.05, 4.69) is 20.7 Å². The van der Waals surface area contributed by atoms with Gasteiger partial charge in [0, 0.05) is 32.7 Å². The predicted octanol–water partition coefficient (Wildman–Crippen LogP) is 1.40. The van der Waals surface area contributed by atoms with E-state index in [1.165, 1.54) is 24.8 Å². The van der Waals surface area contributed by atoms with Crippen LogP contribution in [0.1, 0.15) is 37.9 Å². The molecule has 0 aromatic carbocycles. The third-order valence-electron chi connectivity index (χ3n) is 2.19. The number of rotatable bonds is 1. The van der Waals surface area contributed by atoms with Crippen LogP contribution in [0.4, 0.5) is 0 Å². The van der Waals surface area contributed by atoms with Crippen molar-refractivity contribution >= 4 is 0 Å². The van der Waals surface area contributed by atoms with Crippen molar-refractivity contribution in [3.8, 4) is 0 Å². The van der Waals surface area contributed by atoms with E-state index >= 15 is 0 Å². The molecule has 14 heavy (non-hydrogen) atoms. The molecule has 1 fully saturated rings. The van der Waals surface area contributed by atoms with Crippen LogP contribution in [0.25, 0.3) is 0 Å². The SMILES string of the molecule is O=c1[nH]c([C-]=C2CCCCC2)no1.[Y]. The van der Waals surface area contributed by atoms with E-state index < -0.39 is 5.76 Å². The minimum absolute atomic E-state index is 0. The van der Waals surface area contributed by atoms with E-state index in [0.717, 1.165) is 12.8 Å². The van der Waals surface area contributed by atoms with E-state index in [4.69, 9.17) is 0 Å². The molecule has 5 heteroatoms. The summed E-state index contributed by atoms with van der Waals surface area (Å²) in [5.74, 6) is -0.0965. The number of nitrogens with one attached hydrogen (secondary N) is 1. The van der Waals surface area contributed by atoms with Crippen molar-refractivity contribution in [2.24, 2.45) is 0 Å². The largest absolute Gasteiger partial charge is 0.436 e. The average Bonchev–Trinajstić information content (AvgIpc) is 2.53. The van der Waals surface area contributed by atoms with Crippen molar-refractivity contribution in [3.63, 3.8) is 0 Å². The van der Waals surface area contributed by atoms with Crippen molar-refractivity contribution < 1.29 is 37.2 Å². The van der Waals surface area contributed by atoms with Crippen LogP contribution < -0.4 is 5.76 Å². The normalized spacial score (nSPS) is 16.1. The Balaban J connectivity index is 0.000000980. The van der Waals surface area contributed by atoms with Crippen LogP contribution in [-0.2, 0) is 32.7 Å². The summed E-state index contributed by atoms with van der Waals surface area (Å²) in [6.45, 7) is 0. The number of nitrogens with zero attached hydrogens (tertiary/aromatic N) is 1. The second kappa shape index (κ2) is 5.61. The Hall–Kier alpha value is -0.216. The number of aromatic amines is 1. The molecule has 0 saturated heterocycles. The minimum atomic E-state index is -0.515. The van der Waals surface area contributed by atoms with Gasteiger partial charge in [-0.25, -0.2) is 10.4 Å². The minimum Gasteiger partial charge on any atom is -0.425 e. The van der Waals surface area contributed by atoms with Gasteiger partial charge in [0.2, 0.25) is 0 Å². The summed E-state index contributed by atoms with van der Waals surface area (Å²) in [6.07, 6.45) is 8.90. The first-order chi connectivity index (χ1) is 6.34. The van der Waals surface area contributed by atoms with Crippen LogP contribution in [0, 0.1) is 6.08 Å². The van der Waals surface area contributed by atoms with E-state index in [9.17, 15) is 4.79 Å². The summed E-state index contributed by atoms with van der Waals surface area (Å²) in [4.78, 5) is 13.1. The monoisotopic (exact) mass is 268 g/mol. The van der Waals surface area contributed by atoms with E-state index in [-0.39, 0.29) is 32.7 Å². The Kier molecular flexibility index (Phi) is 4.75. The summed E-state index contributed by atoms with van der Waals surface area (Å²) >= 11 is 0. The molecule has 0 bridgehead atoms. The summed E-state index contributed by atoms with van der Waals surface area (Å²) in [5.41, 5.74) is 1.23. The van der Waals surface area contributed by atoms with Gasteiger partial charge in [0.1, 0.15) is 0 Å². The van der Waals surface area contributed by atoms with E-state index in [1.807, 2.05) is 0 Å². The van der Waals surface area contributed by atoms with Crippen LogP contribution in [-0.4, -0.2) is 10.1 Å². The molecule has 73 valence electrons. The molecule has 1 radical (unpaired) electrons. The van der Waals surface area contributed by atoms with E-state index in [1.54, 1.807) is 0 Å². The van der Waals surface area contributed by atoms with Crippen molar-refractivity contribution in [2.45, 2.75) is 32.1 Å². The number of hydrogen-bond acceptors (Lipinski definition) is 3. The molecule has 1 heterocycles. The number of H-pyrrole nitrogens is 1. The van der Waals surface area contributed by atoms with Crippen LogP contribution >= 0.6 is 0 Å². The number of allylic oxidation sites excluding steroid dienone is 1. The number of hydrogen-bond donors (Lipinski definition) is 1. The number of aromatic nitrogens is 2. The molecular formula is C9H11N2O2Y-. The predicted molar refractivity (Wildman–Crippen MR) is 46.1 cm³/mol. The van der Waals surface area contributed by atoms with Gasteiger partial charge < -0.3 is 11.1 Å². The molecule has 0 amide bonds. The van der Waals surface area contributed by atoms with Crippen molar-refractivity contribution in [1.29, 1.82) is 0 Å². The summed E-state index contributed by atoms with van der Waals surface area (Å²) in [5, 5.41) is 3.53. The average molecular weight is 268 g/mol. The summed E-state index contributed by atoms with van der Waals surface area (Å²) < 4.78 is 4.37. The maximum absolute atomic E-state index is 10.6. The second-order valence-electron chi connectivity index (χ2n) is 3.23. The Morgan fingerprint density at radius 2 is 2.00 bits per heavy atom. The van der Waals surface area contributed by atoms with Crippen LogP contribution in [0.15, 0.2) is 14.9 Å². The molecule has 1 aliphatic rings. The Labute approximate surface area is 107 Å². The van der Waals surface area contributed by atoms with E-state index in [0.29, 0.717) is 5.82 Å². The molecule has 1 aromatic rings. The molecular weight excluding hydrogens is 257 g/mol. The Bertz CT molecular complexity index is 359. The van der Waals surface area contributed by atoms with Crippen molar-refractivity contribution in [2.75, 3.05) is 0 Å². The molecule has 1 aromatic heterocycles. The molecule has 4 nitrogen and oxygen atoms in total. The van der Waals surface area contributed by atoms with Crippen molar-refractivity contribution in [1.82, 2.24) is 10.1 Å². The van der Waals surface area contributed by atoms with Gasteiger partial charge in [0.15, 0.2) is 0 Å². The zero-order valence-electron chi connectivity index (χ0n) is 7.88. The first-order valence-electron chi connectivity index (χ1n) is 4.52. The smallest absolute Gasteiger partial charge is 0.425 e. The van der Waals surface area contributed by atoms with Crippen molar-refractivity contribution in [3.05, 3.63) is 28.0 Å². The van der Waals surface area contributed by atoms with Gasteiger partial charge in [0.25, 0.3) is 0 Å². The van der Waals surface area contributed by atoms with Gasteiger partial charge in [-0.1, -0.05) is 37.3 Å². The van der Waals surface area contributed by atoms with Gasteiger partial charge in [-0.2, -0.15) is 0 Å². The molecule has 1 aliphatic carbocycles. The second-order valence-corrected chi connectivity index (χ2v) is 3.23. The van der Waals surface area contributed by atoms with Gasteiger partial charge in [-0.3, -0.25) is 4.52 Å². The topological polar surface area (TPSA) is 58.9 Å². The molecule has 0 unspecified atom stereocenters. The molecule has 0 spiro atoms. The van der Waals surface area contributed by atoms with Gasteiger partial charge >= 0.3 is 5.76 Å². The van der Waals surface area contributed by atoms with Gasteiger partial charge in [-0.15, -0.1) is 0 Å². The zero-order chi connectivity index (χ0) is 9.10. The molecule has 1 saturated carbocycles. The molecule has 2 rings (SSSR count). The zero-order valence-corrected chi connectivity index (χ0v) is 10.7. The maximum Gasteiger partial charge on any atom is 0.436 e. The molecule has 0 aliphatic heterocycles. The first kappa shape index (κ1) is 11.9. The van der Waals surface area contributed by atoms with Crippen LogP contribution in [0.5, 0.6) is 0 Å². The fourth-order valence-corrected chi connectivity index (χ4v) is 1.55. The quantitative estimate of drug-likeness (QED) is 0.783. The summed E-state index contributed by atoms with van der Waals surface area (Å²) in [7, 11) is 0. The van der Waals surface area contributed by atoms with Gasteiger partial charge in [0.05, 0.1) is 0 Å². The first-order valence-corrected chi connectivity index (χ1v) is 4.52. The third kappa shape index (κ3) is 3.17. The maximum atomic E-state index is 10.6. The molecule has 0 atom stereocenters. The van der Waals surface area contributed by atoms with Crippen LogP contribution in [0.2, 0.25) is 0 Å². The standard InChI is InChI=1S/C9H11N2O2.Y/c12-9-10-8(11-13-9)6-7-4-2-1-3-5-7;/h1-5H2,(H,10,11,12);/q-1;. The third-order valence-corrected chi connectivity index (χ3v) is 2.19. The Morgan fingerprint density at radius 3 is 2.57 bits per heavy atom. The molecule has 1 N–H and O–H groups in total. The summed E-state index contributed by atoms with van der Waals surface area (Å²) in [6, 6.07) is 0. The fourth-order valence-electron chi connectivity index (χ4n) is 1.55. The van der Waals surface area contributed by atoms with Gasteiger partial charge in [-0.05, 0) is 5.82 Å².